The van der Waals surface area contributed by atoms with Crippen molar-refractivity contribution in [2.75, 3.05) is 13.1 Å². The zero-order valence-corrected chi connectivity index (χ0v) is 15.0. The van der Waals surface area contributed by atoms with Crippen LogP contribution in [0.15, 0.2) is 46.2 Å². The molecule has 0 amide bonds. The highest BCUT2D eigenvalue weighted by molar-refractivity contribution is 7.91. The molecule has 0 unspecified atom stereocenters. The third kappa shape index (κ3) is 4.02. The lowest BCUT2D eigenvalue weighted by Gasteiger charge is -2.23. The highest BCUT2D eigenvalue weighted by atomic mass is 35.5. The Morgan fingerprint density at radius 2 is 1.72 bits per heavy atom. The van der Waals surface area contributed by atoms with E-state index >= 15 is 0 Å². The van der Waals surface area contributed by atoms with Crippen molar-refractivity contribution in [3.8, 4) is 0 Å². The molecule has 0 spiro atoms. The monoisotopic (exact) mass is 385 g/mol. The average molecular weight is 386 g/mol. The molecule has 1 heterocycles. The molecule has 1 aliphatic heterocycles. The minimum Gasteiger partial charge on any atom is -0.317 e. The second-order valence-electron chi connectivity index (χ2n) is 6.23. The minimum atomic E-state index is -4.16. The summed E-state index contributed by atoms with van der Waals surface area (Å²) >= 11 is 5.76. The molecule has 3 rings (SSSR count). The highest BCUT2D eigenvalue weighted by Gasteiger charge is 2.26. The molecule has 2 aromatic carbocycles. The standard InChI is InChI=1S/C18H18ClF2NO2S/c19-14-1-3-16(4-2-14)25(23,24)17-11-15(20)10-13(18(17)21)9-12-5-7-22-8-6-12/h1-4,10-12,22H,5-9H2. The van der Waals surface area contributed by atoms with Gasteiger partial charge in [-0.05, 0) is 80.2 Å². The second kappa shape index (κ2) is 7.40. The van der Waals surface area contributed by atoms with Crippen LogP contribution in [0.4, 0.5) is 8.78 Å². The molecule has 1 saturated heterocycles. The van der Waals surface area contributed by atoms with Gasteiger partial charge < -0.3 is 5.32 Å². The van der Waals surface area contributed by atoms with E-state index in [9.17, 15) is 17.2 Å². The molecule has 7 heteroatoms. The highest BCUT2D eigenvalue weighted by Crippen LogP contribution is 2.29. The fourth-order valence-electron chi connectivity index (χ4n) is 3.10. The third-order valence-corrected chi connectivity index (χ3v) is 6.48. The Morgan fingerprint density at radius 1 is 1.08 bits per heavy atom. The molecular formula is C18H18ClF2NO2S. The van der Waals surface area contributed by atoms with Crippen molar-refractivity contribution in [2.45, 2.75) is 29.1 Å². The lowest BCUT2D eigenvalue weighted by atomic mass is 9.91. The predicted molar refractivity (Wildman–Crippen MR) is 92.6 cm³/mol. The molecule has 134 valence electrons. The average Bonchev–Trinajstić information content (AvgIpc) is 2.59. The number of piperidine rings is 1. The number of hydrogen-bond acceptors (Lipinski definition) is 3. The predicted octanol–water partition coefficient (Wildman–Crippen LogP) is 3.99. The van der Waals surface area contributed by atoms with E-state index in [1.165, 1.54) is 24.3 Å². The molecular weight excluding hydrogens is 368 g/mol. The number of sulfone groups is 1. The molecule has 0 saturated carbocycles. The van der Waals surface area contributed by atoms with Crippen LogP contribution in [0.1, 0.15) is 18.4 Å². The fraction of sp³-hybridized carbons (Fsp3) is 0.333. The van der Waals surface area contributed by atoms with E-state index in [2.05, 4.69) is 5.32 Å². The number of rotatable bonds is 4. The normalized spacial score (nSPS) is 16.1. The zero-order valence-electron chi connectivity index (χ0n) is 13.4. The molecule has 1 fully saturated rings. The van der Waals surface area contributed by atoms with E-state index in [0.717, 1.165) is 38.1 Å². The van der Waals surface area contributed by atoms with Gasteiger partial charge in [0.15, 0.2) is 0 Å². The molecule has 2 aromatic rings. The first kappa shape index (κ1) is 18.3. The Bertz CT molecular complexity index is 863. The summed E-state index contributed by atoms with van der Waals surface area (Å²) in [6.07, 6.45) is 2.04. The molecule has 3 nitrogen and oxygen atoms in total. The third-order valence-electron chi connectivity index (χ3n) is 4.46. The Hall–Kier alpha value is -1.50. The van der Waals surface area contributed by atoms with E-state index in [-0.39, 0.29) is 16.4 Å². The second-order valence-corrected chi connectivity index (χ2v) is 8.59. The summed E-state index contributed by atoms with van der Waals surface area (Å²) in [5.41, 5.74) is 0.111. The van der Waals surface area contributed by atoms with Crippen LogP contribution in [-0.2, 0) is 16.3 Å². The molecule has 0 aromatic heterocycles. The molecule has 1 N–H and O–H groups in total. The summed E-state index contributed by atoms with van der Waals surface area (Å²) in [7, 11) is -4.16. The van der Waals surface area contributed by atoms with Crippen molar-refractivity contribution < 1.29 is 17.2 Å². The fourth-order valence-corrected chi connectivity index (χ4v) is 4.61. The van der Waals surface area contributed by atoms with Crippen LogP contribution in [0, 0.1) is 17.6 Å². The van der Waals surface area contributed by atoms with Gasteiger partial charge in [0.1, 0.15) is 16.5 Å². The summed E-state index contributed by atoms with van der Waals surface area (Å²) in [6.45, 7) is 1.66. The van der Waals surface area contributed by atoms with Crippen LogP contribution >= 0.6 is 11.6 Å². The van der Waals surface area contributed by atoms with Gasteiger partial charge in [-0.15, -0.1) is 0 Å². The summed E-state index contributed by atoms with van der Waals surface area (Å²) in [5, 5.41) is 3.58. The van der Waals surface area contributed by atoms with Crippen molar-refractivity contribution in [1.29, 1.82) is 0 Å². The lowest BCUT2D eigenvalue weighted by Crippen LogP contribution is -2.29. The lowest BCUT2D eigenvalue weighted by molar-refractivity contribution is 0.366. The zero-order chi connectivity index (χ0) is 18.0. The smallest absolute Gasteiger partial charge is 0.209 e. The molecule has 25 heavy (non-hydrogen) atoms. The van der Waals surface area contributed by atoms with Crippen molar-refractivity contribution >= 4 is 21.4 Å². The van der Waals surface area contributed by atoms with Crippen LogP contribution in [0.3, 0.4) is 0 Å². The first-order chi connectivity index (χ1) is 11.9. The van der Waals surface area contributed by atoms with Gasteiger partial charge in [0.25, 0.3) is 0 Å². The van der Waals surface area contributed by atoms with Crippen LogP contribution < -0.4 is 5.32 Å². The van der Waals surface area contributed by atoms with Crippen molar-refractivity contribution in [3.05, 3.63) is 58.6 Å². The number of benzene rings is 2. The minimum absolute atomic E-state index is 0.111. The van der Waals surface area contributed by atoms with Crippen molar-refractivity contribution in [3.63, 3.8) is 0 Å². The van der Waals surface area contributed by atoms with Gasteiger partial charge in [0.05, 0.1) is 4.90 Å². The van der Waals surface area contributed by atoms with Crippen molar-refractivity contribution in [1.82, 2.24) is 5.32 Å². The molecule has 1 aliphatic rings. The Balaban J connectivity index is 1.99. The molecule has 0 radical (unpaired) electrons. The van der Waals surface area contributed by atoms with Crippen LogP contribution in [0.2, 0.25) is 5.02 Å². The molecule has 0 bridgehead atoms. The Labute approximate surface area is 150 Å². The van der Waals surface area contributed by atoms with Crippen molar-refractivity contribution in [2.24, 2.45) is 5.92 Å². The maximum absolute atomic E-state index is 14.9. The van der Waals surface area contributed by atoms with Gasteiger partial charge in [-0.2, -0.15) is 0 Å². The number of halogens is 3. The largest absolute Gasteiger partial charge is 0.317 e. The van der Waals surface area contributed by atoms with Crippen LogP contribution in [-0.4, -0.2) is 21.5 Å². The first-order valence-corrected chi connectivity index (χ1v) is 9.93. The summed E-state index contributed by atoms with van der Waals surface area (Å²) < 4.78 is 54.3. The van der Waals surface area contributed by atoms with Crippen LogP contribution in [0.5, 0.6) is 0 Å². The van der Waals surface area contributed by atoms with Gasteiger partial charge in [-0.3, -0.25) is 0 Å². The van der Waals surface area contributed by atoms with Crippen LogP contribution in [0.25, 0.3) is 0 Å². The van der Waals surface area contributed by atoms with E-state index in [1.54, 1.807) is 0 Å². The van der Waals surface area contributed by atoms with E-state index in [4.69, 9.17) is 11.6 Å². The topological polar surface area (TPSA) is 46.2 Å². The Morgan fingerprint density at radius 3 is 2.36 bits per heavy atom. The quantitative estimate of drug-likeness (QED) is 0.865. The van der Waals surface area contributed by atoms with Gasteiger partial charge in [-0.1, -0.05) is 11.6 Å². The number of nitrogens with one attached hydrogen (secondary N) is 1. The van der Waals surface area contributed by atoms with E-state index in [1.807, 2.05) is 0 Å². The van der Waals surface area contributed by atoms with Gasteiger partial charge in [0, 0.05) is 5.02 Å². The van der Waals surface area contributed by atoms with Gasteiger partial charge in [-0.25, -0.2) is 17.2 Å². The molecule has 0 atom stereocenters. The summed E-state index contributed by atoms with van der Waals surface area (Å²) in [6, 6.07) is 7.22. The summed E-state index contributed by atoms with van der Waals surface area (Å²) in [4.78, 5) is -0.743. The summed E-state index contributed by atoms with van der Waals surface area (Å²) in [5.74, 6) is -1.41. The Kier molecular flexibility index (Phi) is 5.41. The first-order valence-electron chi connectivity index (χ1n) is 8.07. The maximum Gasteiger partial charge on any atom is 0.209 e. The van der Waals surface area contributed by atoms with Gasteiger partial charge >= 0.3 is 0 Å². The van der Waals surface area contributed by atoms with E-state index < -0.39 is 26.4 Å². The van der Waals surface area contributed by atoms with E-state index in [0.29, 0.717) is 11.4 Å². The maximum atomic E-state index is 14.9. The molecule has 0 aliphatic carbocycles. The van der Waals surface area contributed by atoms with Gasteiger partial charge in [0.2, 0.25) is 9.84 Å². The number of hydrogen-bond donors (Lipinski definition) is 1. The SMILES string of the molecule is O=S(=O)(c1ccc(Cl)cc1)c1cc(F)cc(CC2CCNCC2)c1F.